The fraction of sp³-hybridized carbons (Fsp3) is 0.409. The Balaban J connectivity index is 1.47. The van der Waals surface area contributed by atoms with Crippen LogP contribution in [0, 0.1) is 0 Å². The Hall–Kier alpha value is -2.41. The van der Waals surface area contributed by atoms with Gasteiger partial charge >= 0.3 is 0 Å². The Bertz CT molecular complexity index is 732. The van der Waals surface area contributed by atoms with Crippen molar-refractivity contribution in [3.8, 4) is 5.75 Å². The largest absolute Gasteiger partial charge is 0.492 e. The molecule has 2 aromatic carbocycles. The van der Waals surface area contributed by atoms with Crippen molar-refractivity contribution in [2.24, 2.45) is 0 Å². The maximum absolute atomic E-state index is 12.5. The minimum atomic E-state index is -0.617. The van der Waals surface area contributed by atoms with E-state index in [4.69, 9.17) is 14.2 Å². The number of amides is 1. The highest BCUT2D eigenvalue weighted by molar-refractivity contribution is 5.82. The van der Waals surface area contributed by atoms with Crippen molar-refractivity contribution in [2.75, 3.05) is 46.6 Å². The average Bonchev–Trinajstić information content (AvgIpc) is 2.75. The van der Waals surface area contributed by atoms with Crippen LogP contribution in [-0.4, -0.2) is 57.4 Å². The second kappa shape index (κ2) is 10.8. The molecule has 1 aliphatic heterocycles. The molecule has 1 atom stereocenters. The summed E-state index contributed by atoms with van der Waals surface area (Å²) in [4.78, 5) is 14.8. The smallest absolute Gasteiger partial charge is 0.254 e. The molecule has 6 heteroatoms. The molecule has 0 aromatic heterocycles. The molecule has 1 amide bonds. The zero-order valence-corrected chi connectivity index (χ0v) is 16.3. The van der Waals surface area contributed by atoms with E-state index in [1.807, 2.05) is 54.6 Å². The summed E-state index contributed by atoms with van der Waals surface area (Å²) in [6.45, 7) is 5.44. The minimum Gasteiger partial charge on any atom is -0.492 e. The van der Waals surface area contributed by atoms with Crippen LogP contribution in [0.3, 0.4) is 0 Å². The van der Waals surface area contributed by atoms with E-state index in [1.54, 1.807) is 7.11 Å². The van der Waals surface area contributed by atoms with Gasteiger partial charge in [0.05, 0.1) is 13.2 Å². The van der Waals surface area contributed by atoms with E-state index in [0.29, 0.717) is 13.2 Å². The zero-order chi connectivity index (χ0) is 19.6. The summed E-state index contributed by atoms with van der Waals surface area (Å²) in [6, 6.07) is 17.3. The summed E-state index contributed by atoms with van der Waals surface area (Å²) < 4.78 is 16.6. The third-order valence-electron chi connectivity index (χ3n) is 4.72. The van der Waals surface area contributed by atoms with Gasteiger partial charge in [-0.05, 0) is 23.3 Å². The number of carbonyl (C=O) groups is 1. The van der Waals surface area contributed by atoms with Gasteiger partial charge in [-0.1, -0.05) is 42.5 Å². The number of hydrogen-bond acceptors (Lipinski definition) is 5. The predicted octanol–water partition coefficient (Wildman–Crippen LogP) is 2.40. The highest BCUT2D eigenvalue weighted by Gasteiger charge is 2.19. The highest BCUT2D eigenvalue weighted by atomic mass is 16.5. The van der Waals surface area contributed by atoms with Crippen LogP contribution in [0.5, 0.6) is 5.75 Å². The Morgan fingerprint density at radius 1 is 1.14 bits per heavy atom. The molecule has 0 spiro atoms. The highest BCUT2D eigenvalue weighted by Crippen LogP contribution is 2.17. The van der Waals surface area contributed by atoms with Crippen molar-refractivity contribution in [2.45, 2.75) is 12.6 Å². The average molecular weight is 384 g/mol. The van der Waals surface area contributed by atoms with E-state index in [1.165, 1.54) is 0 Å². The second-order valence-corrected chi connectivity index (χ2v) is 6.69. The molecule has 6 nitrogen and oxygen atoms in total. The van der Waals surface area contributed by atoms with E-state index >= 15 is 0 Å². The lowest BCUT2D eigenvalue weighted by Crippen LogP contribution is -2.38. The number of methoxy groups -OCH3 is 1. The van der Waals surface area contributed by atoms with Crippen molar-refractivity contribution in [1.82, 2.24) is 10.2 Å². The second-order valence-electron chi connectivity index (χ2n) is 6.69. The number of benzene rings is 2. The topological polar surface area (TPSA) is 60.0 Å². The fourth-order valence-electron chi connectivity index (χ4n) is 3.17. The summed E-state index contributed by atoms with van der Waals surface area (Å²) >= 11 is 0. The van der Waals surface area contributed by atoms with Crippen molar-refractivity contribution < 1.29 is 19.0 Å². The molecular weight excluding hydrogens is 356 g/mol. The minimum absolute atomic E-state index is 0.160. The lowest BCUT2D eigenvalue weighted by atomic mass is 10.1. The van der Waals surface area contributed by atoms with E-state index in [-0.39, 0.29) is 5.91 Å². The monoisotopic (exact) mass is 384 g/mol. The lowest BCUT2D eigenvalue weighted by molar-refractivity contribution is -0.131. The normalized spacial score (nSPS) is 15.8. The third-order valence-corrected chi connectivity index (χ3v) is 4.72. The van der Waals surface area contributed by atoms with E-state index in [9.17, 15) is 4.79 Å². The molecule has 1 fully saturated rings. The van der Waals surface area contributed by atoms with Crippen LogP contribution in [0.4, 0.5) is 0 Å². The number of ether oxygens (including phenoxy) is 3. The van der Waals surface area contributed by atoms with E-state index < -0.39 is 6.10 Å². The van der Waals surface area contributed by atoms with Gasteiger partial charge in [-0.25, -0.2) is 0 Å². The van der Waals surface area contributed by atoms with Gasteiger partial charge in [-0.2, -0.15) is 0 Å². The Kier molecular flexibility index (Phi) is 7.84. The van der Waals surface area contributed by atoms with Gasteiger partial charge in [0.2, 0.25) is 0 Å². The maximum Gasteiger partial charge on any atom is 0.254 e. The lowest BCUT2D eigenvalue weighted by Gasteiger charge is -2.26. The van der Waals surface area contributed by atoms with Crippen molar-refractivity contribution in [3.63, 3.8) is 0 Å². The molecule has 0 aliphatic carbocycles. The first-order valence-corrected chi connectivity index (χ1v) is 9.63. The first kappa shape index (κ1) is 20.3. The first-order valence-electron chi connectivity index (χ1n) is 9.63. The third kappa shape index (κ3) is 6.05. The van der Waals surface area contributed by atoms with Gasteiger partial charge in [0, 0.05) is 33.3 Å². The molecular formula is C22H28N2O4. The Morgan fingerprint density at radius 3 is 2.68 bits per heavy atom. The van der Waals surface area contributed by atoms with Crippen LogP contribution >= 0.6 is 0 Å². The fourth-order valence-corrected chi connectivity index (χ4v) is 3.17. The number of carbonyl (C=O) groups excluding carboxylic acids is 1. The van der Waals surface area contributed by atoms with Crippen LogP contribution < -0.4 is 10.1 Å². The Morgan fingerprint density at radius 2 is 1.93 bits per heavy atom. The van der Waals surface area contributed by atoms with E-state index in [2.05, 4.69) is 10.2 Å². The molecule has 3 rings (SSSR count). The first-order chi connectivity index (χ1) is 13.8. The van der Waals surface area contributed by atoms with E-state index in [0.717, 1.165) is 49.7 Å². The van der Waals surface area contributed by atoms with Gasteiger partial charge in [-0.3, -0.25) is 9.69 Å². The number of hydrogen-bond donors (Lipinski definition) is 1. The molecule has 1 heterocycles. The van der Waals surface area contributed by atoms with Crippen molar-refractivity contribution in [3.05, 3.63) is 65.7 Å². The molecule has 0 bridgehead atoms. The van der Waals surface area contributed by atoms with Crippen LogP contribution in [0.15, 0.2) is 54.6 Å². The molecule has 0 saturated carbocycles. The van der Waals surface area contributed by atoms with Gasteiger partial charge < -0.3 is 19.5 Å². The summed E-state index contributed by atoms with van der Waals surface area (Å²) in [7, 11) is 1.54. The molecule has 1 aliphatic rings. The Labute approximate surface area is 166 Å². The van der Waals surface area contributed by atoms with Crippen LogP contribution in [0.1, 0.15) is 17.2 Å². The van der Waals surface area contributed by atoms with Crippen LogP contribution in [0.2, 0.25) is 0 Å². The molecule has 28 heavy (non-hydrogen) atoms. The van der Waals surface area contributed by atoms with Crippen LogP contribution in [0.25, 0.3) is 0 Å². The van der Waals surface area contributed by atoms with Gasteiger partial charge in [0.1, 0.15) is 12.4 Å². The number of nitrogens with one attached hydrogen (secondary N) is 1. The quantitative estimate of drug-likeness (QED) is 0.719. The SMILES string of the molecule is COC(C(=O)NCc1cccc(OCCN2CCOCC2)c1)c1ccccc1. The molecule has 1 unspecified atom stereocenters. The van der Waals surface area contributed by atoms with Crippen LogP contribution in [-0.2, 0) is 20.8 Å². The molecule has 0 radical (unpaired) electrons. The summed E-state index contributed by atoms with van der Waals surface area (Å²) in [6.07, 6.45) is -0.617. The number of morpholine rings is 1. The van der Waals surface area contributed by atoms with Gasteiger partial charge in [-0.15, -0.1) is 0 Å². The molecule has 2 aromatic rings. The van der Waals surface area contributed by atoms with Gasteiger partial charge in [0.15, 0.2) is 6.10 Å². The van der Waals surface area contributed by atoms with Gasteiger partial charge in [0.25, 0.3) is 5.91 Å². The predicted molar refractivity (Wildman–Crippen MR) is 107 cm³/mol. The summed E-state index contributed by atoms with van der Waals surface area (Å²) in [5.41, 5.74) is 1.82. The zero-order valence-electron chi connectivity index (χ0n) is 16.3. The van der Waals surface area contributed by atoms with Crippen molar-refractivity contribution >= 4 is 5.91 Å². The maximum atomic E-state index is 12.5. The number of nitrogens with zero attached hydrogens (tertiary/aromatic N) is 1. The van der Waals surface area contributed by atoms with Crippen molar-refractivity contribution in [1.29, 1.82) is 0 Å². The summed E-state index contributed by atoms with van der Waals surface area (Å²) in [5, 5.41) is 2.94. The number of rotatable bonds is 9. The standard InChI is InChI=1S/C22H28N2O4/c1-26-21(19-7-3-2-4-8-19)22(25)23-17-18-6-5-9-20(16-18)28-15-12-24-10-13-27-14-11-24/h2-9,16,21H,10-15,17H2,1H3,(H,23,25). The summed E-state index contributed by atoms with van der Waals surface area (Å²) in [5.74, 6) is 0.652. The molecule has 1 N–H and O–H groups in total. The molecule has 150 valence electrons. The molecule has 1 saturated heterocycles.